The molecule has 1 saturated heterocycles. The first-order valence-electron chi connectivity index (χ1n) is 11.2. The number of aromatic nitrogens is 1. The largest absolute Gasteiger partial charge is 0.338 e. The quantitative estimate of drug-likeness (QED) is 0.722. The number of hydrogen-bond acceptors (Lipinski definition) is 4. The van der Waals surface area contributed by atoms with E-state index in [0.717, 1.165) is 62.3 Å². The number of aryl methyl sites for hydroxylation is 2. The van der Waals surface area contributed by atoms with Crippen LogP contribution in [0.1, 0.15) is 64.3 Å². The van der Waals surface area contributed by atoms with Crippen LogP contribution in [0.4, 0.5) is 0 Å². The number of carbonyl (C=O) groups excluding carboxylic acids is 1. The average molecular weight is 412 g/mol. The van der Waals surface area contributed by atoms with E-state index < -0.39 is 0 Å². The number of nitrogens with zero attached hydrogens (tertiary/aromatic N) is 3. The molecular weight excluding hydrogens is 378 g/mol. The molecule has 4 rings (SSSR count). The van der Waals surface area contributed by atoms with Crippen LogP contribution in [0, 0.1) is 0 Å². The Morgan fingerprint density at radius 2 is 1.97 bits per heavy atom. The van der Waals surface area contributed by atoms with Gasteiger partial charge in [-0.25, -0.2) is 0 Å². The maximum Gasteiger partial charge on any atom is 0.263 e. The van der Waals surface area contributed by atoms with E-state index in [2.05, 4.69) is 28.1 Å². The molecule has 2 aromatic rings. The number of thiophene rings is 1. The molecule has 1 aliphatic heterocycles. The van der Waals surface area contributed by atoms with Crippen LogP contribution in [0.3, 0.4) is 0 Å². The third-order valence-corrected chi connectivity index (χ3v) is 7.77. The highest BCUT2D eigenvalue weighted by atomic mass is 32.1. The van der Waals surface area contributed by atoms with Crippen molar-refractivity contribution in [3.63, 3.8) is 0 Å². The second-order valence-corrected chi connectivity index (χ2v) is 9.67. The molecule has 0 spiro atoms. The van der Waals surface area contributed by atoms with Gasteiger partial charge in [-0.15, -0.1) is 11.3 Å². The second kappa shape index (κ2) is 9.86. The SMILES string of the molecule is CN(C(=O)c1cc2c(s1)CCCCCC2)C1CCN(CCc2ccccn2)CC1. The van der Waals surface area contributed by atoms with Crippen LogP contribution >= 0.6 is 11.3 Å². The normalized spacial score (nSPS) is 18.7. The molecule has 4 nitrogen and oxygen atoms in total. The van der Waals surface area contributed by atoms with E-state index in [9.17, 15) is 4.79 Å². The van der Waals surface area contributed by atoms with Crippen molar-refractivity contribution in [1.82, 2.24) is 14.8 Å². The minimum atomic E-state index is 0.230. The number of likely N-dealkylation sites (tertiary alicyclic amines) is 1. The molecule has 29 heavy (non-hydrogen) atoms. The lowest BCUT2D eigenvalue weighted by Gasteiger charge is -2.36. The van der Waals surface area contributed by atoms with Crippen molar-refractivity contribution in [1.29, 1.82) is 0 Å². The lowest BCUT2D eigenvalue weighted by molar-refractivity contribution is 0.0648. The van der Waals surface area contributed by atoms with E-state index in [-0.39, 0.29) is 5.91 Å². The first-order chi connectivity index (χ1) is 14.2. The first kappa shape index (κ1) is 20.5. The summed E-state index contributed by atoms with van der Waals surface area (Å²) in [5.41, 5.74) is 2.60. The smallest absolute Gasteiger partial charge is 0.263 e. The molecule has 3 heterocycles. The Kier molecular flexibility index (Phi) is 6.98. The summed E-state index contributed by atoms with van der Waals surface area (Å²) in [6.45, 7) is 3.19. The molecule has 2 aromatic heterocycles. The van der Waals surface area contributed by atoms with Gasteiger partial charge in [0.1, 0.15) is 0 Å². The van der Waals surface area contributed by atoms with Gasteiger partial charge in [0, 0.05) is 55.9 Å². The van der Waals surface area contributed by atoms with Crippen LogP contribution in [0.2, 0.25) is 0 Å². The molecule has 0 unspecified atom stereocenters. The fourth-order valence-electron chi connectivity index (χ4n) is 4.64. The Bertz CT molecular complexity index is 770. The van der Waals surface area contributed by atoms with E-state index in [0.29, 0.717) is 6.04 Å². The van der Waals surface area contributed by atoms with Crippen LogP contribution in [0.15, 0.2) is 30.5 Å². The topological polar surface area (TPSA) is 36.4 Å². The Morgan fingerprint density at radius 1 is 1.17 bits per heavy atom. The van der Waals surface area contributed by atoms with Crippen molar-refractivity contribution in [3.8, 4) is 0 Å². The maximum absolute atomic E-state index is 13.1. The third-order valence-electron chi connectivity index (χ3n) is 6.54. The van der Waals surface area contributed by atoms with Gasteiger partial charge < -0.3 is 9.80 Å². The predicted molar refractivity (Wildman–Crippen MR) is 120 cm³/mol. The highest BCUT2D eigenvalue weighted by Crippen LogP contribution is 2.30. The van der Waals surface area contributed by atoms with E-state index in [4.69, 9.17) is 0 Å². The molecular formula is C24H33N3OS. The van der Waals surface area contributed by atoms with Crippen LogP contribution in [-0.2, 0) is 19.3 Å². The lowest BCUT2D eigenvalue weighted by atomic mass is 9.99. The van der Waals surface area contributed by atoms with Crippen molar-refractivity contribution < 1.29 is 4.79 Å². The van der Waals surface area contributed by atoms with Crippen LogP contribution in [-0.4, -0.2) is 53.4 Å². The summed E-state index contributed by atoms with van der Waals surface area (Å²) in [6, 6.07) is 8.68. The van der Waals surface area contributed by atoms with Crippen molar-refractivity contribution >= 4 is 17.2 Å². The van der Waals surface area contributed by atoms with Gasteiger partial charge in [-0.3, -0.25) is 9.78 Å². The summed E-state index contributed by atoms with van der Waals surface area (Å²) in [7, 11) is 2.01. The second-order valence-electron chi connectivity index (χ2n) is 8.53. The summed E-state index contributed by atoms with van der Waals surface area (Å²) in [5, 5.41) is 0. The van der Waals surface area contributed by atoms with Gasteiger partial charge in [0.05, 0.1) is 4.88 Å². The summed E-state index contributed by atoms with van der Waals surface area (Å²) < 4.78 is 0. The highest BCUT2D eigenvalue weighted by Gasteiger charge is 2.27. The van der Waals surface area contributed by atoms with Crippen molar-refractivity contribution in [2.45, 2.75) is 63.8 Å². The molecule has 156 valence electrons. The number of amides is 1. The molecule has 1 amide bonds. The first-order valence-corrected chi connectivity index (χ1v) is 12.0. The van der Waals surface area contributed by atoms with Gasteiger partial charge in [-0.1, -0.05) is 18.9 Å². The van der Waals surface area contributed by atoms with Crippen LogP contribution in [0.25, 0.3) is 0 Å². The minimum Gasteiger partial charge on any atom is -0.338 e. The number of piperidine rings is 1. The Labute approximate surface area is 178 Å². The van der Waals surface area contributed by atoms with Crippen LogP contribution in [0.5, 0.6) is 0 Å². The van der Waals surface area contributed by atoms with E-state index in [1.165, 1.54) is 36.1 Å². The molecule has 0 atom stereocenters. The summed E-state index contributed by atoms with van der Waals surface area (Å²) in [5.74, 6) is 0.230. The zero-order chi connectivity index (χ0) is 20.1. The summed E-state index contributed by atoms with van der Waals surface area (Å²) in [6.07, 6.45) is 12.5. The van der Waals surface area contributed by atoms with E-state index >= 15 is 0 Å². The Morgan fingerprint density at radius 3 is 2.72 bits per heavy atom. The van der Waals surface area contributed by atoms with Gasteiger partial charge in [0.25, 0.3) is 5.91 Å². The molecule has 0 N–H and O–H groups in total. The minimum absolute atomic E-state index is 0.230. The highest BCUT2D eigenvalue weighted by molar-refractivity contribution is 7.14. The number of hydrogen-bond donors (Lipinski definition) is 0. The monoisotopic (exact) mass is 411 g/mol. The Hall–Kier alpha value is -1.72. The van der Waals surface area contributed by atoms with Gasteiger partial charge in [-0.2, -0.15) is 0 Å². The summed E-state index contributed by atoms with van der Waals surface area (Å²) >= 11 is 1.76. The van der Waals surface area contributed by atoms with E-state index in [1.54, 1.807) is 11.3 Å². The average Bonchev–Trinajstić information content (AvgIpc) is 3.14. The zero-order valence-corrected chi connectivity index (χ0v) is 18.4. The van der Waals surface area contributed by atoms with Gasteiger partial charge in [-0.05, 0) is 62.3 Å². The number of pyridine rings is 1. The molecule has 0 aromatic carbocycles. The molecule has 2 aliphatic rings. The van der Waals surface area contributed by atoms with Crippen molar-refractivity contribution in [2.24, 2.45) is 0 Å². The molecule has 1 fully saturated rings. The number of carbonyl (C=O) groups is 1. The van der Waals surface area contributed by atoms with Gasteiger partial charge in [0.15, 0.2) is 0 Å². The maximum atomic E-state index is 13.1. The molecule has 5 heteroatoms. The van der Waals surface area contributed by atoms with E-state index in [1.807, 2.05) is 24.2 Å². The fourth-order valence-corrected chi connectivity index (χ4v) is 5.87. The molecule has 1 aliphatic carbocycles. The van der Waals surface area contributed by atoms with Crippen LogP contribution < -0.4 is 0 Å². The Balaban J connectivity index is 1.29. The molecule has 0 radical (unpaired) electrons. The molecule has 0 saturated carbocycles. The van der Waals surface area contributed by atoms with Crippen molar-refractivity contribution in [2.75, 3.05) is 26.7 Å². The zero-order valence-electron chi connectivity index (χ0n) is 17.6. The summed E-state index contributed by atoms with van der Waals surface area (Å²) in [4.78, 5) is 24.5. The number of rotatable bonds is 5. The third kappa shape index (κ3) is 5.26. The number of fused-ring (bicyclic) bond motifs is 1. The standard InChI is InChI=1S/C24H33N3OS/c1-26(24(28)23-18-19-8-4-2-3-5-10-22(19)29-23)21-12-16-27(17-13-21)15-11-20-9-6-7-14-25-20/h6-7,9,14,18,21H,2-5,8,10-13,15-17H2,1H3. The lowest BCUT2D eigenvalue weighted by Crippen LogP contribution is -2.45. The predicted octanol–water partition coefficient (Wildman–Crippen LogP) is 4.58. The van der Waals surface area contributed by atoms with Gasteiger partial charge in [0.2, 0.25) is 0 Å². The fraction of sp³-hybridized carbons (Fsp3) is 0.583. The van der Waals surface area contributed by atoms with Crippen molar-refractivity contribution in [3.05, 3.63) is 51.5 Å². The van der Waals surface area contributed by atoms with Gasteiger partial charge >= 0.3 is 0 Å². The molecule has 0 bridgehead atoms.